The van der Waals surface area contributed by atoms with Gasteiger partial charge in [0.1, 0.15) is 23.0 Å². The molecule has 5 heteroatoms. The van der Waals surface area contributed by atoms with Crippen LogP contribution in [0, 0.1) is 0 Å². The molecule has 142 valence electrons. The maximum Gasteiger partial charge on any atom is 0.187 e. The molecule has 0 aliphatic carbocycles. The van der Waals surface area contributed by atoms with Gasteiger partial charge in [0.2, 0.25) is 0 Å². The molecule has 3 aromatic carbocycles. The molecule has 1 N–H and O–H groups in total. The van der Waals surface area contributed by atoms with Gasteiger partial charge in [-0.25, -0.2) is 0 Å². The molecule has 0 aromatic heterocycles. The Labute approximate surface area is 164 Å². The molecule has 0 heterocycles. The fourth-order valence-electron chi connectivity index (χ4n) is 2.46. The Hall–Kier alpha value is -3.73. The molecule has 5 nitrogen and oxygen atoms in total. The molecule has 0 bridgehead atoms. The van der Waals surface area contributed by atoms with Crippen molar-refractivity contribution in [2.75, 3.05) is 19.5 Å². The largest absolute Gasteiger partial charge is 0.497 e. The molecular formula is C23H21NO4. The van der Waals surface area contributed by atoms with Crippen LogP contribution in [0.2, 0.25) is 0 Å². The van der Waals surface area contributed by atoms with Gasteiger partial charge in [0, 0.05) is 23.5 Å². The van der Waals surface area contributed by atoms with Gasteiger partial charge < -0.3 is 19.5 Å². The average molecular weight is 375 g/mol. The molecule has 3 aromatic rings. The summed E-state index contributed by atoms with van der Waals surface area (Å²) in [6.45, 7) is 0. The standard InChI is InChI=1S/C23H21NO4/c1-26-19-7-3-17(4-8-19)23(25)15-16-24-18-5-9-21(10-6-18)28-22-13-11-20(27-2)12-14-22/h3-16,24H,1-2H3/b16-15+. The van der Waals surface area contributed by atoms with E-state index in [4.69, 9.17) is 14.2 Å². The van der Waals surface area contributed by atoms with Crippen LogP contribution in [0.3, 0.4) is 0 Å². The Morgan fingerprint density at radius 3 is 1.71 bits per heavy atom. The molecule has 0 unspecified atom stereocenters. The lowest BCUT2D eigenvalue weighted by Gasteiger charge is -2.07. The number of hydrogen-bond acceptors (Lipinski definition) is 5. The van der Waals surface area contributed by atoms with Crippen LogP contribution in [0.4, 0.5) is 5.69 Å². The Kier molecular flexibility index (Phi) is 6.31. The molecule has 0 spiro atoms. The fourth-order valence-corrected chi connectivity index (χ4v) is 2.46. The first kappa shape index (κ1) is 19.0. The highest BCUT2D eigenvalue weighted by molar-refractivity contribution is 6.04. The molecule has 0 saturated carbocycles. The highest BCUT2D eigenvalue weighted by atomic mass is 16.5. The zero-order valence-electron chi connectivity index (χ0n) is 15.7. The van der Waals surface area contributed by atoms with E-state index in [9.17, 15) is 4.79 Å². The van der Waals surface area contributed by atoms with E-state index in [1.807, 2.05) is 48.5 Å². The van der Waals surface area contributed by atoms with Gasteiger partial charge in [-0.3, -0.25) is 4.79 Å². The van der Waals surface area contributed by atoms with Crippen LogP contribution in [0.15, 0.2) is 85.1 Å². The van der Waals surface area contributed by atoms with Crippen molar-refractivity contribution in [2.24, 2.45) is 0 Å². The first-order chi connectivity index (χ1) is 13.7. The molecule has 3 rings (SSSR count). The second kappa shape index (κ2) is 9.28. The summed E-state index contributed by atoms with van der Waals surface area (Å²) in [6, 6.07) is 21.8. The number of ether oxygens (including phenoxy) is 3. The van der Waals surface area contributed by atoms with E-state index in [-0.39, 0.29) is 5.78 Å². The van der Waals surface area contributed by atoms with Gasteiger partial charge in [-0.1, -0.05) is 0 Å². The maximum absolute atomic E-state index is 12.1. The summed E-state index contributed by atoms with van der Waals surface area (Å²) in [4.78, 5) is 12.1. The predicted molar refractivity (Wildman–Crippen MR) is 110 cm³/mol. The van der Waals surface area contributed by atoms with Crippen molar-refractivity contribution in [2.45, 2.75) is 0 Å². The molecule has 0 radical (unpaired) electrons. The molecule has 28 heavy (non-hydrogen) atoms. The van der Waals surface area contributed by atoms with Crippen LogP contribution in [0.5, 0.6) is 23.0 Å². The van der Waals surface area contributed by atoms with E-state index >= 15 is 0 Å². The third-order valence-electron chi connectivity index (χ3n) is 4.01. The van der Waals surface area contributed by atoms with Gasteiger partial charge >= 0.3 is 0 Å². The first-order valence-electron chi connectivity index (χ1n) is 8.71. The Balaban J connectivity index is 1.54. The SMILES string of the molecule is COc1ccc(Oc2ccc(N/C=C/C(=O)c3ccc(OC)cc3)cc2)cc1. The predicted octanol–water partition coefficient (Wildman–Crippen LogP) is 5.30. The van der Waals surface area contributed by atoms with E-state index in [1.54, 1.807) is 44.7 Å². The molecule has 0 aliphatic heterocycles. The van der Waals surface area contributed by atoms with Crippen molar-refractivity contribution < 1.29 is 19.0 Å². The lowest BCUT2D eigenvalue weighted by atomic mass is 10.1. The van der Waals surface area contributed by atoms with Gasteiger partial charge in [0.25, 0.3) is 0 Å². The lowest BCUT2D eigenvalue weighted by molar-refractivity contribution is 0.104. The third kappa shape index (κ3) is 5.14. The van der Waals surface area contributed by atoms with E-state index in [0.29, 0.717) is 11.3 Å². The van der Waals surface area contributed by atoms with Crippen molar-refractivity contribution >= 4 is 11.5 Å². The zero-order chi connectivity index (χ0) is 19.8. The summed E-state index contributed by atoms with van der Waals surface area (Å²) in [5.74, 6) is 2.86. The normalized spacial score (nSPS) is 10.5. The van der Waals surface area contributed by atoms with Crippen molar-refractivity contribution in [3.05, 3.63) is 90.6 Å². The molecule has 0 aliphatic rings. The quantitative estimate of drug-likeness (QED) is 0.427. The average Bonchev–Trinajstić information content (AvgIpc) is 2.75. The summed E-state index contributed by atoms with van der Waals surface area (Å²) >= 11 is 0. The number of hydrogen-bond donors (Lipinski definition) is 1. The highest BCUT2D eigenvalue weighted by Gasteiger charge is 2.02. The van der Waals surface area contributed by atoms with Crippen molar-refractivity contribution in [1.29, 1.82) is 0 Å². The second-order valence-electron chi connectivity index (χ2n) is 5.87. The van der Waals surface area contributed by atoms with Gasteiger partial charge in [-0.15, -0.1) is 0 Å². The van der Waals surface area contributed by atoms with Crippen LogP contribution in [-0.2, 0) is 0 Å². The summed E-state index contributed by atoms with van der Waals surface area (Å²) in [5, 5.41) is 3.08. The second-order valence-corrected chi connectivity index (χ2v) is 5.87. The van der Waals surface area contributed by atoms with E-state index < -0.39 is 0 Å². The van der Waals surface area contributed by atoms with E-state index in [1.165, 1.54) is 6.08 Å². The van der Waals surface area contributed by atoms with Crippen molar-refractivity contribution in [3.63, 3.8) is 0 Å². The molecule has 0 fully saturated rings. The molecule has 0 amide bonds. The number of benzene rings is 3. The number of methoxy groups -OCH3 is 2. The van der Waals surface area contributed by atoms with Crippen LogP contribution in [0.25, 0.3) is 0 Å². The number of ketones is 1. The molecule has 0 atom stereocenters. The monoisotopic (exact) mass is 375 g/mol. The van der Waals surface area contributed by atoms with Crippen LogP contribution in [-0.4, -0.2) is 20.0 Å². The summed E-state index contributed by atoms with van der Waals surface area (Å²) in [6.07, 6.45) is 3.11. The maximum atomic E-state index is 12.1. The highest BCUT2D eigenvalue weighted by Crippen LogP contribution is 2.25. The van der Waals surface area contributed by atoms with Crippen LogP contribution in [0.1, 0.15) is 10.4 Å². The Bertz CT molecular complexity index is 930. The lowest BCUT2D eigenvalue weighted by Crippen LogP contribution is -1.96. The van der Waals surface area contributed by atoms with E-state index in [0.717, 1.165) is 22.9 Å². The Morgan fingerprint density at radius 1 is 0.714 bits per heavy atom. The number of rotatable bonds is 8. The van der Waals surface area contributed by atoms with Crippen molar-refractivity contribution in [3.8, 4) is 23.0 Å². The summed E-state index contributed by atoms with van der Waals surface area (Å²) in [7, 11) is 3.22. The van der Waals surface area contributed by atoms with Crippen LogP contribution < -0.4 is 19.5 Å². The molecular weight excluding hydrogens is 354 g/mol. The first-order valence-corrected chi connectivity index (χ1v) is 8.71. The summed E-state index contributed by atoms with van der Waals surface area (Å²) < 4.78 is 16.0. The van der Waals surface area contributed by atoms with Gasteiger partial charge in [0.05, 0.1) is 14.2 Å². The smallest absolute Gasteiger partial charge is 0.187 e. The zero-order valence-corrected chi connectivity index (χ0v) is 15.7. The number of carbonyl (C=O) groups excluding carboxylic acids is 1. The third-order valence-corrected chi connectivity index (χ3v) is 4.01. The van der Waals surface area contributed by atoms with E-state index in [2.05, 4.69) is 5.32 Å². The summed E-state index contributed by atoms with van der Waals surface area (Å²) in [5.41, 5.74) is 1.45. The molecule has 0 saturated heterocycles. The van der Waals surface area contributed by atoms with Gasteiger partial charge in [-0.2, -0.15) is 0 Å². The van der Waals surface area contributed by atoms with Gasteiger partial charge in [-0.05, 0) is 72.8 Å². The minimum Gasteiger partial charge on any atom is -0.497 e. The number of carbonyl (C=O) groups is 1. The fraction of sp³-hybridized carbons (Fsp3) is 0.0870. The number of allylic oxidation sites excluding steroid dienone is 1. The topological polar surface area (TPSA) is 56.8 Å². The van der Waals surface area contributed by atoms with Gasteiger partial charge in [0.15, 0.2) is 5.78 Å². The minimum absolute atomic E-state index is 0.0883. The number of anilines is 1. The van der Waals surface area contributed by atoms with Crippen LogP contribution >= 0.6 is 0 Å². The minimum atomic E-state index is -0.0883. The Morgan fingerprint density at radius 2 is 1.18 bits per heavy atom. The number of nitrogens with one attached hydrogen (secondary N) is 1. The van der Waals surface area contributed by atoms with Crippen molar-refractivity contribution in [1.82, 2.24) is 0 Å².